The van der Waals surface area contributed by atoms with Crippen molar-refractivity contribution in [2.75, 3.05) is 18.8 Å². The van der Waals surface area contributed by atoms with Crippen LogP contribution in [0.1, 0.15) is 24.3 Å². The molecule has 1 aromatic rings. The summed E-state index contributed by atoms with van der Waals surface area (Å²) in [7, 11) is 0. The van der Waals surface area contributed by atoms with Gasteiger partial charge in [-0.1, -0.05) is 0 Å². The summed E-state index contributed by atoms with van der Waals surface area (Å²) >= 11 is 0. The van der Waals surface area contributed by atoms with Crippen LogP contribution in [0.4, 0.5) is 14.5 Å². The van der Waals surface area contributed by atoms with Crippen LogP contribution in [0.15, 0.2) is 6.20 Å². The van der Waals surface area contributed by atoms with Gasteiger partial charge in [-0.2, -0.15) is 5.10 Å². The molecule has 0 bridgehead atoms. The van der Waals surface area contributed by atoms with Crippen LogP contribution >= 0.6 is 0 Å². The third-order valence-electron chi connectivity index (χ3n) is 2.43. The Morgan fingerprint density at radius 3 is 2.59 bits per heavy atom. The number of hydrogen-bond donors (Lipinski definition) is 1. The van der Waals surface area contributed by atoms with Gasteiger partial charge in [-0.3, -0.25) is 9.48 Å². The monoisotopic (exact) mass is 246 g/mol. The summed E-state index contributed by atoms with van der Waals surface area (Å²) in [6.07, 6.45) is -1.35. The highest BCUT2D eigenvalue weighted by atomic mass is 19.3. The summed E-state index contributed by atoms with van der Waals surface area (Å²) in [6.45, 7) is 3.99. The number of nitrogen functional groups attached to an aromatic ring is 1. The Kier molecular flexibility index (Phi) is 4.42. The number of rotatable bonds is 5. The van der Waals surface area contributed by atoms with E-state index >= 15 is 0 Å². The first-order valence-corrected chi connectivity index (χ1v) is 5.39. The predicted octanol–water partition coefficient (Wildman–Crippen LogP) is 1.21. The molecule has 96 valence electrons. The number of nitrogens with two attached hydrogens (primary N) is 1. The molecule has 0 aliphatic heterocycles. The molecule has 0 aromatic carbocycles. The van der Waals surface area contributed by atoms with Gasteiger partial charge in [0, 0.05) is 13.1 Å². The SMILES string of the molecule is CCN(CC)C(=O)c1c(N)cnn1CC(F)F. The summed E-state index contributed by atoms with van der Waals surface area (Å²) in [5.74, 6) is -0.370. The standard InChI is InChI=1S/C10H16F2N4O/c1-3-15(4-2)10(17)9-7(13)5-14-16(9)6-8(11)12/h5,8H,3-4,6,13H2,1-2H3. The van der Waals surface area contributed by atoms with Crippen molar-refractivity contribution in [1.82, 2.24) is 14.7 Å². The Morgan fingerprint density at radius 2 is 2.12 bits per heavy atom. The molecular weight excluding hydrogens is 230 g/mol. The molecule has 0 fully saturated rings. The zero-order valence-electron chi connectivity index (χ0n) is 9.86. The van der Waals surface area contributed by atoms with Gasteiger partial charge in [-0.05, 0) is 13.8 Å². The average molecular weight is 246 g/mol. The van der Waals surface area contributed by atoms with Crippen LogP contribution in [0.3, 0.4) is 0 Å². The van der Waals surface area contributed by atoms with E-state index in [1.54, 1.807) is 0 Å². The molecular formula is C10H16F2N4O. The predicted molar refractivity (Wildman–Crippen MR) is 59.9 cm³/mol. The number of aromatic nitrogens is 2. The lowest BCUT2D eigenvalue weighted by atomic mass is 10.3. The van der Waals surface area contributed by atoms with Crippen molar-refractivity contribution in [3.05, 3.63) is 11.9 Å². The third kappa shape index (κ3) is 2.92. The van der Waals surface area contributed by atoms with Crippen molar-refractivity contribution in [3.8, 4) is 0 Å². The van der Waals surface area contributed by atoms with E-state index in [1.165, 1.54) is 11.1 Å². The van der Waals surface area contributed by atoms with Gasteiger partial charge in [0.1, 0.15) is 12.2 Å². The maximum atomic E-state index is 12.3. The molecule has 0 atom stereocenters. The second kappa shape index (κ2) is 5.60. The van der Waals surface area contributed by atoms with Crippen molar-refractivity contribution < 1.29 is 13.6 Å². The maximum absolute atomic E-state index is 12.3. The highest BCUT2D eigenvalue weighted by Crippen LogP contribution is 2.15. The van der Waals surface area contributed by atoms with Crippen molar-refractivity contribution >= 4 is 11.6 Å². The fraction of sp³-hybridized carbons (Fsp3) is 0.600. The van der Waals surface area contributed by atoms with Crippen LogP contribution in [0, 0.1) is 0 Å². The first-order chi connectivity index (χ1) is 8.01. The highest BCUT2D eigenvalue weighted by molar-refractivity contribution is 5.97. The number of carbonyl (C=O) groups excluding carboxylic acids is 1. The minimum absolute atomic E-state index is 0.0361. The van der Waals surface area contributed by atoms with E-state index in [2.05, 4.69) is 5.10 Å². The Hall–Kier alpha value is -1.66. The van der Waals surface area contributed by atoms with Gasteiger partial charge in [0.2, 0.25) is 0 Å². The molecule has 1 rings (SSSR count). The van der Waals surface area contributed by atoms with Gasteiger partial charge in [0.25, 0.3) is 12.3 Å². The smallest absolute Gasteiger partial charge is 0.274 e. The Morgan fingerprint density at radius 1 is 1.53 bits per heavy atom. The molecule has 17 heavy (non-hydrogen) atoms. The van der Waals surface area contributed by atoms with Gasteiger partial charge in [0.15, 0.2) is 0 Å². The highest BCUT2D eigenvalue weighted by Gasteiger charge is 2.22. The average Bonchev–Trinajstić information content (AvgIpc) is 2.60. The number of hydrogen-bond acceptors (Lipinski definition) is 3. The van der Waals surface area contributed by atoms with Crippen molar-refractivity contribution in [3.63, 3.8) is 0 Å². The van der Waals surface area contributed by atoms with Gasteiger partial charge in [-0.25, -0.2) is 8.78 Å². The number of anilines is 1. The second-order valence-electron chi connectivity index (χ2n) is 3.50. The lowest BCUT2D eigenvalue weighted by molar-refractivity contribution is 0.0748. The molecule has 1 heterocycles. The molecule has 0 aliphatic carbocycles. The fourth-order valence-corrected chi connectivity index (χ4v) is 1.56. The van der Waals surface area contributed by atoms with Gasteiger partial charge < -0.3 is 10.6 Å². The largest absolute Gasteiger partial charge is 0.396 e. The van der Waals surface area contributed by atoms with E-state index in [1.807, 2.05) is 13.8 Å². The number of carbonyl (C=O) groups is 1. The van der Waals surface area contributed by atoms with E-state index in [-0.39, 0.29) is 17.3 Å². The van der Waals surface area contributed by atoms with Crippen LogP contribution in [0.5, 0.6) is 0 Å². The zero-order chi connectivity index (χ0) is 13.0. The van der Waals surface area contributed by atoms with Crippen LogP contribution < -0.4 is 5.73 Å². The number of alkyl halides is 2. The minimum Gasteiger partial charge on any atom is -0.396 e. The summed E-state index contributed by atoms with van der Waals surface area (Å²) in [5, 5.41) is 3.69. The van der Waals surface area contributed by atoms with E-state index in [9.17, 15) is 13.6 Å². The van der Waals surface area contributed by atoms with Crippen molar-refractivity contribution in [1.29, 1.82) is 0 Å². The summed E-state index contributed by atoms with van der Waals surface area (Å²) < 4.78 is 25.6. The van der Waals surface area contributed by atoms with Crippen molar-refractivity contribution in [2.45, 2.75) is 26.8 Å². The van der Waals surface area contributed by atoms with Gasteiger partial charge in [0.05, 0.1) is 11.9 Å². The number of amides is 1. The fourth-order valence-electron chi connectivity index (χ4n) is 1.56. The molecule has 0 aliphatic rings. The van der Waals surface area contributed by atoms with E-state index in [0.717, 1.165) is 4.68 Å². The zero-order valence-corrected chi connectivity index (χ0v) is 9.86. The van der Waals surface area contributed by atoms with Gasteiger partial charge >= 0.3 is 0 Å². The third-order valence-corrected chi connectivity index (χ3v) is 2.43. The molecule has 0 spiro atoms. The molecule has 2 N–H and O–H groups in total. The molecule has 1 amide bonds. The minimum atomic E-state index is -2.57. The maximum Gasteiger partial charge on any atom is 0.274 e. The Balaban J connectivity index is 3.03. The first kappa shape index (κ1) is 13.4. The molecule has 0 radical (unpaired) electrons. The normalized spacial score (nSPS) is 10.9. The topological polar surface area (TPSA) is 64.2 Å². The molecule has 0 saturated heterocycles. The molecule has 1 aromatic heterocycles. The molecule has 0 unspecified atom stereocenters. The van der Waals surface area contributed by atoms with E-state index in [0.29, 0.717) is 13.1 Å². The Labute approximate surface area is 98.2 Å². The lowest BCUT2D eigenvalue weighted by Gasteiger charge is -2.19. The Bertz CT molecular complexity index is 388. The van der Waals surface area contributed by atoms with Gasteiger partial charge in [-0.15, -0.1) is 0 Å². The van der Waals surface area contributed by atoms with Crippen molar-refractivity contribution in [2.24, 2.45) is 0 Å². The quantitative estimate of drug-likeness (QED) is 0.849. The van der Waals surface area contributed by atoms with Crippen LogP contribution in [0.2, 0.25) is 0 Å². The van der Waals surface area contributed by atoms with E-state index in [4.69, 9.17) is 5.73 Å². The molecule has 0 saturated carbocycles. The summed E-state index contributed by atoms with van der Waals surface area (Å²) in [4.78, 5) is 13.5. The summed E-state index contributed by atoms with van der Waals surface area (Å²) in [6, 6.07) is 0. The van der Waals surface area contributed by atoms with E-state index < -0.39 is 13.0 Å². The molecule has 7 heteroatoms. The van der Waals surface area contributed by atoms with Crippen LogP contribution in [-0.2, 0) is 6.54 Å². The number of halogens is 2. The second-order valence-corrected chi connectivity index (χ2v) is 3.50. The van der Waals surface area contributed by atoms with Crippen LogP contribution in [0.25, 0.3) is 0 Å². The first-order valence-electron chi connectivity index (χ1n) is 5.39. The lowest BCUT2D eigenvalue weighted by Crippen LogP contribution is -2.33. The molecule has 5 nitrogen and oxygen atoms in total. The van der Waals surface area contributed by atoms with Crippen LogP contribution in [-0.4, -0.2) is 40.1 Å². The summed E-state index contributed by atoms with van der Waals surface area (Å²) in [5.41, 5.74) is 5.75. The number of nitrogens with zero attached hydrogens (tertiary/aromatic N) is 3.